The molecule has 1 aliphatic carbocycles. The average molecular weight is 457 g/mol. The van der Waals surface area contributed by atoms with Crippen molar-refractivity contribution < 1.29 is 24.2 Å². The van der Waals surface area contributed by atoms with Gasteiger partial charge < -0.3 is 15.2 Å². The third-order valence-electron chi connectivity index (χ3n) is 7.06. The summed E-state index contributed by atoms with van der Waals surface area (Å²) in [4.78, 5) is 34.3. The van der Waals surface area contributed by atoms with Crippen molar-refractivity contribution in [2.45, 2.75) is 39.3 Å². The highest BCUT2D eigenvalue weighted by Gasteiger charge is 2.56. The maximum Gasteiger partial charge on any atom is 0.371 e. The number of benzene rings is 1. The number of carboxylic acids is 1. The van der Waals surface area contributed by atoms with Gasteiger partial charge in [0.2, 0.25) is 5.78 Å². The maximum atomic E-state index is 12.7. The van der Waals surface area contributed by atoms with E-state index in [1.165, 1.54) is 25.9 Å². The van der Waals surface area contributed by atoms with Gasteiger partial charge in [0.05, 0.1) is 5.56 Å². The molecule has 9 heteroatoms. The smallest absolute Gasteiger partial charge is 0.371 e. The fourth-order valence-corrected chi connectivity index (χ4v) is 5.08. The molecule has 3 aliphatic rings. The van der Waals surface area contributed by atoms with E-state index in [2.05, 4.69) is 22.2 Å². The van der Waals surface area contributed by atoms with Crippen molar-refractivity contribution in [3.05, 3.63) is 30.0 Å². The van der Waals surface area contributed by atoms with E-state index >= 15 is 0 Å². The maximum absolute atomic E-state index is 12.7. The Balaban J connectivity index is 0.000000385. The first kappa shape index (κ1) is 23.4. The number of carbonyl (C=O) groups is 3. The van der Waals surface area contributed by atoms with Gasteiger partial charge in [0.1, 0.15) is 5.52 Å². The Morgan fingerprint density at radius 2 is 1.85 bits per heavy atom. The number of hydrogen-bond acceptors (Lipinski definition) is 6. The quantitative estimate of drug-likeness (QED) is 0.637. The van der Waals surface area contributed by atoms with Crippen LogP contribution in [0.25, 0.3) is 10.9 Å². The second kappa shape index (κ2) is 10.0. The number of piperidine rings is 1. The SMILES string of the molecule is CC(=O)C(=O)O.CCn1cc2cccc(C(=O)NCC3C4CN(C5CCOCC5)CC34)c2n1. The van der Waals surface area contributed by atoms with Crippen LogP contribution >= 0.6 is 0 Å². The number of carbonyl (C=O) groups excluding carboxylic acids is 2. The zero-order valence-electron chi connectivity index (χ0n) is 19.2. The highest BCUT2D eigenvalue weighted by molar-refractivity contribution is 6.31. The van der Waals surface area contributed by atoms with Gasteiger partial charge in [0.25, 0.3) is 5.91 Å². The molecule has 1 amide bonds. The van der Waals surface area contributed by atoms with Crippen LogP contribution in [-0.4, -0.2) is 76.3 Å². The van der Waals surface area contributed by atoms with Crippen molar-refractivity contribution in [2.75, 3.05) is 32.8 Å². The van der Waals surface area contributed by atoms with Gasteiger partial charge in [0.15, 0.2) is 0 Å². The van der Waals surface area contributed by atoms with Crippen LogP contribution < -0.4 is 5.32 Å². The zero-order chi connectivity index (χ0) is 23.5. The van der Waals surface area contributed by atoms with E-state index in [1.807, 2.05) is 29.1 Å². The molecule has 9 nitrogen and oxygen atoms in total. The fourth-order valence-electron chi connectivity index (χ4n) is 5.08. The number of fused-ring (bicyclic) bond motifs is 2. The minimum atomic E-state index is -1.38. The summed E-state index contributed by atoms with van der Waals surface area (Å²) < 4.78 is 7.37. The Morgan fingerprint density at radius 3 is 2.45 bits per heavy atom. The van der Waals surface area contributed by atoms with Gasteiger partial charge in [-0.25, -0.2) is 4.79 Å². The highest BCUT2D eigenvalue weighted by Crippen LogP contribution is 2.52. The van der Waals surface area contributed by atoms with Crippen LogP contribution in [0.2, 0.25) is 0 Å². The van der Waals surface area contributed by atoms with Crippen LogP contribution in [0, 0.1) is 17.8 Å². The van der Waals surface area contributed by atoms with Crippen LogP contribution in [0.4, 0.5) is 0 Å². The molecule has 2 atom stereocenters. The summed E-state index contributed by atoms with van der Waals surface area (Å²) in [6, 6.07) is 6.55. The molecular weight excluding hydrogens is 424 g/mol. The molecule has 3 fully saturated rings. The van der Waals surface area contributed by atoms with Crippen LogP contribution in [0.1, 0.15) is 37.0 Å². The standard InChI is InChI=1S/C21H28N4O2.C3H4O3/c1-2-25-11-14-4-3-5-16(20(14)23-25)21(26)22-10-17-18-12-24(13-19(17)18)15-6-8-27-9-7-15;1-2(4)3(5)6/h3-5,11,15,17-19H,2,6-10,12-13H2,1H3,(H,22,26);1H3,(H,5,6). The van der Waals surface area contributed by atoms with Crippen molar-refractivity contribution in [1.82, 2.24) is 20.0 Å². The number of ketones is 1. The molecule has 2 unspecified atom stereocenters. The lowest BCUT2D eigenvalue weighted by molar-refractivity contribution is -0.148. The summed E-state index contributed by atoms with van der Waals surface area (Å²) in [7, 11) is 0. The Hall–Kier alpha value is -2.78. The molecule has 0 radical (unpaired) electrons. The molecule has 2 aliphatic heterocycles. The van der Waals surface area contributed by atoms with Crippen molar-refractivity contribution >= 4 is 28.6 Å². The van der Waals surface area contributed by atoms with Crippen LogP contribution in [0.3, 0.4) is 0 Å². The Morgan fingerprint density at radius 1 is 1.18 bits per heavy atom. The van der Waals surface area contributed by atoms with Gasteiger partial charge >= 0.3 is 5.97 Å². The fraction of sp³-hybridized carbons (Fsp3) is 0.583. The summed E-state index contributed by atoms with van der Waals surface area (Å²) in [6.07, 6.45) is 4.35. The molecule has 5 rings (SSSR count). The molecule has 2 aromatic rings. The number of aryl methyl sites for hydroxylation is 1. The van der Waals surface area contributed by atoms with Crippen molar-refractivity contribution in [1.29, 1.82) is 0 Å². The normalized spacial score (nSPS) is 24.6. The Labute approximate surface area is 193 Å². The molecule has 3 heterocycles. The number of aromatic nitrogens is 2. The van der Waals surface area contributed by atoms with Gasteiger partial charge in [-0.2, -0.15) is 5.10 Å². The topological polar surface area (TPSA) is 114 Å². The molecule has 178 valence electrons. The van der Waals surface area contributed by atoms with E-state index in [1.54, 1.807) is 0 Å². The first-order valence-electron chi connectivity index (χ1n) is 11.7. The molecule has 33 heavy (non-hydrogen) atoms. The van der Waals surface area contributed by atoms with Crippen molar-refractivity contribution in [2.24, 2.45) is 17.8 Å². The summed E-state index contributed by atoms with van der Waals surface area (Å²) in [6.45, 7) is 8.89. The highest BCUT2D eigenvalue weighted by atomic mass is 16.5. The largest absolute Gasteiger partial charge is 0.476 e. The number of likely N-dealkylation sites (tertiary alicyclic amines) is 1. The number of hydrogen-bond donors (Lipinski definition) is 2. The molecular formula is C24H32N4O5. The summed E-state index contributed by atoms with van der Waals surface area (Å²) in [5.74, 6) is -0.0119. The number of carboxylic acid groups (broad SMARTS) is 1. The van der Waals surface area contributed by atoms with E-state index in [9.17, 15) is 14.4 Å². The number of rotatable bonds is 6. The van der Waals surface area contributed by atoms with Crippen molar-refractivity contribution in [3.63, 3.8) is 0 Å². The second-order valence-electron chi connectivity index (χ2n) is 9.09. The first-order valence-corrected chi connectivity index (χ1v) is 11.7. The molecule has 0 spiro atoms. The van der Waals surface area contributed by atoms with E-state index in [0.717, 1.165) is 56.0 Å². The van der Waals surface area contributed by atoms with Gasteiger partial charge in [0, 0.05) is 63.9 Å². The molecule has 1 saturated carbocycles. The lowest BCUT2D eigenvalue weighted by atomic mass is 10.1. The van der Waals surface area contributed by atoms with Gasteiger partial charge in [-0.15, -0.1) is 0 Å². The number of nitrogens with zero attached hydrogens (tertiary/aromatic N) is 3. The van der Waals surface area contributed by atoms with E-state index in [-0.39, 0.29) is 5.91 Å². The van der Waals surface area contributed by atoms with E-state index in [0.29, 0.717) is 17.5 Å². The Kier molecular flexibility index (Phi) is 7.09. The van der Waals surface area contributed by atoms with Crippen LogP contribution in [0.5, 0.6) is 0 Å². The lowest BCUT2D eigenvalue weighted by Gasteiger charge is -2.32. The number of amides is 1. The third kappa shape index (κ3) is 5.25. The summed E-state index contributed by atoms with van der Waals surface area (Å²) in [5, 5.41) is 16.4. The molecule has 0 bridgehead atoms. The van der Waals surface area contributed by atoms with Gasteiger partial charge in [-0.3, -0.25) is 19.2 Å². The number of ether oxygens (including phenoxy) is 1. The second-order valence-corrected chi connectivity index (χ2v) is 9.09. The minimum absolute atomic E-state index is 0.00760. The number of nitrogens with one attached hydrogen (secondary N) is 1. The van der Waals surface area contributed by atoms with E-state index < -0.39 is 11.8 Å². The predicted octanol–water partition coefficient (Wildman–Crippen LogP) is 1.80. The number of Topliss-reactive ketones (excluding diaryl/α,β-unsaturated/α-hetero) is 1. The Bertz CT molecular complexity index is 1010. The minimum Gasteiger partial charge on any atom is -0.476 e. The van der Waals surface area contributed by atoms with Crippen LogP contribution in [0.15, 0.2) is 24.4 Å². The first-order chi connectivity index (χ1) is 15.9. The van der Waals surface area contributed by atoms with Gasteiger partial charge in [-0.05, 0) is 43.6 Å². The lowest BCUT2D eigenvalue weighted by Crippen LogP contribution is -2.40. The molecule has 1 aromatic carbocycles. The monoisotopic (exact) mass is 456 g/mol. The average Bonchev–Trinajstić information content (AvgIpc) is 3.16. The molecule has 2 N–H and O–H groups in total. The predicted molar refractivity (Wildman–Crippen MR) is 122 cm³/mol. The zero-order valence-corrected chi connectivity index (χ0v) is 19.2. The summed E-state index contributed by atoms with van der Waals surface area (Å²) in [5.41, 5.74) is 1.49. The van der Waals surface area contributed by atoms with Crippen LogP contribution in [-0.2, 0) is 20.9 Å². The third-order valence-corrected chi connectivity index (χ3v) is 7.06. The number of aliphatic carboxylic acids is 1. The molecule has 1 aromatic heterocycles. The van der Waals surface area contributed by atoms with Gasteiger partial charge in [-0.1, -0.05) is 12.1 Å². The molecule has 2 saturated heterocycles. The van der Waals surface area contributed by atoms with E-state index in [4.69, 9.17) is 9.84 Å². The van der Waals surface area contributed by atoms with Crippen molar-refractivity contribution in [3.8, 4) is 0 Å². The summed E-state index contributed by atoms with van der Waals surface area (Å²) >= 11 is 0.